The van der Waals surface area contributed by atoms with E-state index in [9.17, 15) is 9.59 Å². The average molecular weight is 485 g/mol. The van der Waals surface area contributed by atoms with Crippen LogP contribution in [-0.2, 0) is 24.3 Å². The molecule has 0 bridgehead atoms. The van der Waals surface area contributed by atoms with Crippen LogP contribution in [0.3, 0.4) is 0 Å². The molecule has 0 atom stereocenters. The van der Waals surface area contributed by atoms with Gasteiger partial charge in [0.25, 0.3) is 5.56 Å². The summed E-state index contributed by atoms with van der Waals surface area (Å²) in [4.78, 5) is 36.6. The zero-order valence-corrected chi connectivity index (χ0v) is 19.9. The number of primary amides is 1. The van der Waals surface area contributed by atoms with Gasteiger partial charge in [0, 0.05) is 32.7 Å². The van der Waals surface area contributed by atoms with Gasteiger partial charge in [-0.2, -0.15) is 9.97 Å². The van der Waals surface area contributed by atoms with Gasteiger partial charge in [-0.05, 0) is 18.9 Å². The van der Waals surface area contributed by atoms with Gasteiger partial charge in [0.05, 0.1) is 13.1 Å². The summed E-state index contributed by atoms with van der Waals surface area (Å²) in [7, 11) is 0. The Morgan fingerprint density at radius 1 is 1.18 bits per heavy atom. The van der Waals surface area contributed by atoms with Crippen molar-refractivity contribution in [1.82, 2.24) is 24.4 Å². The molecule has 3 aromatic rings. The van der Waals surface area contributed by atoms with E-state index in [1.807, 2.05) is 34.9 Å². The van der Waals surface area contributed by atoms with Crippen LogP contribution in [0, 0.1) is 11.8 Å². The molecule has 0 radical (unpaired) electrons. The van der Waals surface area contributed by atoms with Crippen LogP contribution in [0.5, 0.6) is 0 Å². The summed E-state index contributed by atoms with van der Waals surface area (Å²) < 4.78 is 3.40. The third kappa shape index (κ3) is 5.50. The number of piperazine rings is 1. The van der Waals surface area contributed by atoms with Crippen molar-refractivity contribution in [3.8, 4) is 11.8 Å². The fourth-order valence-corrected chi connectivity index (χ4v) is 3.91. The SMILES string of the molecule is CC#CCn1c(N2CCNCC2)nc2nc(NCC(N)=O)n(CCc3ccccc3)c(=O)c21.Cl. The van der Waals surface area contributed by atoms with Gasteiger partial charge in [-0.15, -0.1) is 18.3 Å². The number of nitrogens with zero attached hydrogens (tertiary/aromatic N) is 5. The first-order valence-corrected chi connectivity index (χ1v) is 11.0. The second-order valence-corrected chi connectivity index (χ2v) is 7.78. The molecule has 1 fully saturated rings. The lowest BCUT2D eigenvalue weighted by molar-refractivity contribution is -0.116. The number of hydrogen-bond donors (Lipinski definition) is 3. The first-order chi connectivity index (χ1) is 16.1. The molecule has 11 heteroatoms. The lowest BCUT2D eigenvalue weighted by Crippen LogP contribution is -2.44. The first-order valence-electron chi connectivity index (χ1n) is 11.0. The molecule has 4 rings (SSSR count). The quantitative estimate of drug-likeness (QED) is 0.400. The number of amides is 1. The fraction of sp³-hybridized carbons (Fsp3) is 0.391. The highest BCUT2D eigenvalue weighted by atomic mass is 35.5. The Bertz CT molecular complexity index is 1250. The van der Waals surface area contributed by atoms with Crippen molar-refractivity contribution < 1.29 is 4.79 Å². The topological polar surface area (TPSA) is 123 Å². The highest BCUT2D eigenvalue weighted by Gasteiger charge is 2.23. The van der Waals surface area contributed by atoms with Gasteiger partial charge in [0.15, 0.2) is 11.2 Å². The molecule has 1 aliphatic rings. The lowest BCUT2D eigenvalue weighted by Gasteiger charge is -2.28. The number of imidazole rings is 1. The van der Waals surface area contributed by atoms with Crippen LogP contribution >= 0.6 is 12.4 Å². The Morgan fingerprint density at radius 3 is 2.59 bits per heavy atom. The number of carbonyl (C=O) groups is 1. The van der Waals surface area contributed by atoms with Crippen molar-refractivity contribution in [2.45, 2.75) is 26.4 Å². The number of aromatic nitrogens is 4. The second kappa shape index (κ2) is 11.5. The molecule has 0 spiro atoms. The zero-order chi connectivity index (χ0) is 23.2. The number of carbonyl (C=O) groups excluding carboxylic acids is 1. The Hall–Kier alpha value is -3.55. The van der Waals surface area contributed by atoms with E-state index >= 15 is 0 Å². The molecule has 1 aromatic carbocycles. The number of fused-ring (bicyclic) bond motifs is 1. The number of rotatable bonds is 8. The standard InChI is InChI=1S/C23H28N8O2.ClH/c1-2-3-12-30-19-20(28-23(30)29-14-10-25-11-15-29)27-22(26-16-18(24)32)31(21(19)33)13-9-17-7-5-4-6-8-17;/h4-8,25H,9-16H2,1H3,(H2,24,32)(H,26,27);1H. The molecule has 1 amide bonds. The number of benzene rings is 1. The summed E-state index contributed by atoms with van der Waals surface area (Å²) in [6.45, 7) is 5.60. The minimum absolute atomic E-state index is 0. The monoisotopic (exact) mass is 484 g/mol. The molecule has 4 N–H and O–H groups in total. The number of hydrogen-bond acceptors (Lipinski definition) is 7. The molecule has 0 saturated carbocycles. The van der Waals surface area contributed by atoms with Crippen LogP contribution in [0.4, 0.5) is 11.9 Å². The van der Waals surface area contributed by atoms with Crippen LogP contribution in [0.25, 0.3) is 11.2 Å². The predicted molar refractivity (Wildman–Crippen MR) is 135 cm³/mol. The van der Waals surface area contributed by atoms with E-state index in [0.717, 1.165) is 31.7 Å². The summed E-state index contributed by atoms with van der Waals surface area (Å²) in [6, 6.07) is 9.90. The third-order valence-electron chi connectivity index (χ3n) is 5.55. The minimum atomic E-state index is -0.538. The first kappa shape index (κ1) is 25.1. The Kier molecular flexibility index (Phi) is 8.51. The Morgan fingerprint density at radius 2 is 1.91 bits per heavy atom. The van der Waals surface area contributed by atoms with Crippen molar-refractivity contribution in [2.75, 3.05) is 42.9 Å². The summed E-state index contributed by atoms with van der Waals surface area (Å²) >= 11 is 0. The van der Waals surface area contributed by atoms with E-state index in [4.69, 9.17) is 10.7 Å². The minimum Gasteiger partial charge on any atom is -0.368 e. The molecular formula is C23H29ClN8O2. The largest absolute Gasteiger partial charge is 0.368 e. The second-order valence-electron chi connectivity index (χ2n) is 7.78. The summed E-state index contributed by atoms with van der Waals surface area (Å²) in [5.41, 5.74) is 6.92. The zero-order valence-electron chi connectivity index (χ0n) is 19.1. The van der Waals surface area contributed by atoms with Crippen molar-refractivity contribution in [1.29, 1.82) is 0 Å². The van der Waals surface area contributed by atoms with Crippen molar-refractivity contribution in [3.63, 3.8) is 0 Å². The van der Waals surface area contributed by atoms with Crippen LogP contribution in [-0.4, -0.2) is 57.7 Å². The molecule has 0 aliphatic carbocycles. The van der Waals surface area contributed by atoms with E-state index in [0.29, 0.717) is 36.6 Å². The van der Waals surface area contributed by atoms with Crippen LogP contribution < -0.4 is 26.8 Å². The molecular weight excluding hydrogens is 456 g/mol. The van der Waals surface area contributed by atoms with Gasteiger partial charge in [-0.3, -0.25) is 18.7 Å². The van der Waals surface area contributed by atoms with Gasteiger partial charge in [-0.25, -0.2) is 0 Å². The third-order valence-corrected chi connectivity index (χ3v) is 5.55. The smallest absolute Gasteiger partial charge is 0.281 e. The molecule has 34 heavy (non-hydrogen) atoms. The van der Waals surface area contributed by atoms with Crippen molar-refractivity contribution >= 4 is 41.4 Å². The van der Waals surface area contributed by atoms with Gasteiger partial charge < -0.3 is 21.3 Å². The molecule has 10 nitrogen and oxygen atoms in total. The van der Waals surface area contributed by atoms with Crippen molar-refractivity contribution in [3.05, 3.63) is 46.2 Å². The predicted octanol–water partition coefficient (Wildman–Crippen LogP) is 0.588. The molecule has 0 unspecified atom stereocenters. The Labute approximate surface area is 204 Å². The maximum absolute atomic E-state index is 13.7. The van der Waals surface area contributed by atoms with Gasteiger partial charge in [-0.1, -0.05) is 36.3 Å². The van der Waals surface area contributed by atoms with Crippen LogP contribution in [0.15, 0.2) is 35.1 Å². The number of anilines is 2. The fourth-order valence-electron chi connectivity index (χ4n) is 3.91. The number of nitrogens with two attached hydrogens (primary N) is 1. The lowest BCUT2D eigenvalue weighted by atomic mass is 10.1. The average Bonchev–Trinajstić information content (AvgIpc) is 3.20. The molecule has 1 saturated heterocycles. The number of aryl methyl sites for hydroxylation is 1. The van der Waals surface area contributed by atoms with E-state index in [1.54, 1.807) is 11.5 Å². The van der Waals surface area contributed by atoms with Gasteiger partial charge in [0.2, 0.25) is 17.8 Å². The van der Waals surface area contributed by atoms with Crippen LogP contribution in [0.2, 0.25) is 0 Å². The Balaban J connectivity index is 0.00000324. The van der Waals surface area contributed by atoms with Gasteiger partial charge >= 0.3 is 0 Å². The van der Waals surface area contributed by atoms with Crippen molar-refractivity contribution in [2.24, 2.45) is 5.73 Å². The summed E-state index contributed by atoms with van der Waals surface area (Å²) in [5, 5.41) is 6.24. The van der Waals surface area contributed by atoms with E-state index < -0.39 is 5.91 Å². The van der Waals surface area contributed by atoms with Gasteiger partial charge in [0.1, 0.15) is 0 Å². The molecule has 3 heterocycles. The normalized spacial score (nSPS) is 13.1. The molecule has 1 aliphatic heterocycles. The maximum atomic E-state index is 13.7. The van der Waals surface area contributed by atoms with E-state index in [1.165, 1.54) is 0 Å². The number of nitrogens with one attached hydrogen (secondary N) is 2. The maximum Gasteiger partial charge on any atom is 0.281 e. The summed E-state index contributed by atoms with van der Waals surface area (Å²) in [5.74, 6) is 6.38. The summed E-state index contributed by atoms with van der Waals surface area (Å²) in [6.07, 6.45) is 0.632. The number of halogens is 1. The molecule has 180 valence electrons. The molecule has 2 aromatic heterocycles. The highest BCUT2D eigenvalue weighted by Crippen LogP contribution is 2.21. The van der Waals surface area contributed by atoms with E-state index in [-0.39, 0.29) is 30.5 Å². The highest BCUT2D eigenvalue weighted by molar-refractivity contribution is 5.85. The van der Waals surface area contributed by atoms with E-state index in [2.05, 4.69) is 32.4 Å². The van der Waals surface area contributed by atoms with Crippen LogP contribution in [0.1, 0.15) is 12.5 Å².